The fourth-order valence-electron chi connectivity index (χ4n) is 3.34. The van der Waals surface area contributed by atoms with Crippen molar-refractivity contribution in [2.45, 2.75) is 6.54 Å². The minimum Gasteiger partial charge on any atom is -0.368 e. The molecular weight excluding hydrogens is 350 g/mol. The van der Waals surface area contributed by atoms with Gasteiger partial charge in [0.25, 0.3) is 5.91 Å². The van der Waals surface area contributed by atoms with Crippen LogP contribution in [0.25, 0.3) is 0 Å². The van der Waals surface area contributed by atoms with E-state index in [2.05, 4.69) is 49.4 Å². The lowest BCUT2D eigenvalue weighted by Gasteiger charge is -2.37. The Morgan fingerprint density at radius 1 is 0.857 bits per heavy atom. The van der Waals surface area contributed by atoms with E-state index < -0.39 is 0 Å². The molecule has 1 fully saturated rings. The van der Waals surface area contributed by atoms with Gasteiger partial charge >= 0.3 is 0 Å². The fourth-order valence-corrected chi connectivity index (χ4v) is 3.34. The summed E-state index contributed by atoms with van der Waals surface area (Å²) in [5.41, 5.74) is 3.76. The monoisotopic (exact) mass is 373 g/mol. The predicted molar refractivity (Wildman–Crippen MR) is 111 cm³/mol. The normalized spacial score (nSPS) is 14.0. The number of hydrogen-bond donors (Lipinski definition) is 1. The van der Waals surface area contributed by atoms with Crippen LogP contribution in [-0.4, -0.2) is 42.1 Å². The first kappa shape index (κ1) is 18.0. The lowest BCUT2D eigenvalue weighted by atomic mass is 10.2. The summed E-state index contributed by atoms with van der Waals surface area (Å²) >= 11 is 0. The number of nitrogens with one attached hydrogen (secondary N) is 1. The number of rotatable bonds is 5. The molecule has 4 rings (SSSR count). The van der Waals surface area contributed by atoms with E-state index in [1.54, 1.807) is 24.7 Å². The fraction of sp³-hybridized carbons (Fsp3) is 0.227. The molecule has 1 amide bonds. The van der Waals surface area contributed by atoms with Gasteiger partial charge in [-0.2, -0.15) is 0 Å². The van der Waals surface area contributed by atoms with Gasteiger partial charge in [0.1, 0.15) is 5.69 Å². The van der Waals surface area contributed by atoms with Crippen LogP contribution in [0.5, 0.6) is 0 Å². The molecule has 1 N–H and O–H groups in total. The lowest BCUT2D eigenvalue weighted by Crippen LogP contribution is -2.46. The number of nitrogens with zero attached hydrogens (tertiary/aromatic N) is 4. The summed E-state index contributed by atoms with van der Waals surface area (Å²) in [5.74, 6) is -0.169. The molecule has 3 heterocycles. The Bertz CT molecular complexity index is 891. The van der Waals surface area contributed by atoms with Crippen molar-refractivity contribution in [2.24, 2.45) is 0 Å². The highest BCUT2D eigenvalue weighted by Crippen LogP contribution is 2.20. The van der Waals surface area contributed by atoms with Crippen LogP contribution in [0.4, 0.5) is 11.4 Å². The van der Waals surface area contributed by atoms with Crippen LogP contribution in [0.15, 0.2) is 73.2 Å². The van der Waals surface area contributed by atoms with Gasteiger partial charge < -0.3 is 15.1 Å². The van der Waals surface area contributed by atoms with Crippen molar-refractivity contribution in [3.8, 4) is 0 Å². The molecule has 1 saturated heterocycles. The van der Waals surface area contributed by atoms with Crippen LogP contribution in [0.2, 0.25) is 0 Å². The van der Waals surface area contributed by atoms with Crippen molar-refractivity contribution in [1.82, 2.24) is 15.3 Å². The second-order valence-corrected chi connectivity index (χ2v) is 6.75. The predicted octanol–water partition coefficient (Wildman–Crippen LogP) is 2.73. The molecule has 0 spiro atoms. The first-order valence-corrected chi connectivity index (χ1v) is 9.48. The van der Waals surface area contributed by atoms with Crippen molar-refractivity contribution in [2.75, 3.05) is 36.0 Å². The number of para-hydroxylation sites is 1. The topological polar surface area (TPSA) is 61.4 Å². The SMILES string of the molecule is O=C(NCc1ccncc1)c1ccc(N2CCN(c3ccccc3)CC2)cn1. The second-order valence-electron chi connectivity index (χ2n) is 6.75. The van der Waals surface area contributed by atoms with E-state index in [0.29, 0.717) is 12.2 Å². The zero-order valence-corrected chi connectivity index (χ0v) is 15.7. The third-order valence-corrected chi connectivity index (χ3v) is 4.95. The summed E-state index contributed by atoms with van der Waals surface area (Å²) < 4.78 is 0. The third kappa shape index (κ3) is 4.28. The maximum absolute atomic E-state index is 12.3. The Kier molecular flexibility index (Phi) is 5.47. The standard InChI is InChI=1S/C22H23N5O/c28-22(25-16-18-8-10-23-11-9-18)21-7-6-20(17-24-21)27-14-12-26(13-15-27)19-4-2-1-3-5-19/h1-11,17H,12-16H2,(H,25,28). The molecule has 2 aromatic heterocycles. The smallest absolute Gasteiger partial charge is 0.270 e. The maximum atomic E-state index is 12.3. The zero-order valence-electron chi connectivity index (χ0n) is 15.7. The molecule has 6 heteroatoms. The number of anilines is 2. The molecule has 142 valence electrons. The number of aromatic nitrogens is 2. The number of benzene rings is 1. The molecule has 1 aliphatic rings. The van der Waals surface area contributed by atoms with Crippen molar-refractivity contribution in [3.05, 3.63) is 84.4 Å². The van der Waals surface area contributed by atoms with Gasteiger partial charge in [0.15, 0.2) is 0 Å². The van der Waals surface area contributed by atoms with E-state index in [-0.39, 0.29) is 5.91 Å². The minimum atomic E-state index is -0.169. The maximum Gasteiger partial charge on any atom is 0.270 e. The largest absolute Gasteiger partial charge is 0.368 e. The van der Waals surface area contributed by atoms with Gasteiger partial charge in [-0.1, -0.05) is 18.2 Å². The van der Waals surface area contributed by atoms with Gasteiger partial charge in [-0.25, -0.2) is 4.98 Å². The molecule has 0 radical (unpaired) electrons. The average Bonchev–Trinajstić information content (AvgIpc) is 2.79. The van der Waals surface area contributed by atoms with E-state index in [9.17, 15) is 4.79 Å². The van der Waals surface area contributed by atoms with E-state index in [1.165, 1.54) is 5.69 Å². The summed E-state index contributed by atoms with van der Waals surface area (Å²) in [6.07, 6.45) is 5.22. The van der Waals surface area contributed by atoms with Crippen molar-refractivity contribution in [3.63, 3.8) is 0 Å². The van der Waals surface area contributed by atoms with Crippen molar-refractivity contribution in [1.29, 1.82) is 0 Å². The Morgan fingerprint density at radius 2 is 1.54 bits per heavy atom. The molecular formula is C22H23N5O. The van der Waals surface area contributed by atoms with Crippen LogP contribution in [0, 0.1) is 0 Å². The Labute approximate surface area is 164 Å². The van der Waals surface area contributed by atoms with Crippen LogP contribution in [0.3, 0.4) is 0 Å². The molecule has 28 heavy (non-hydrogen) atoms. The molecule has 0 unspecified atom stereocenters. The van der Waals surface area contributed by atoms with Crippen LogP contribution < -0.4 is 15.1 Å². The van der Waals surface area contributed by atoms with Gasteiger partial charge in [0.2, 0.25) is 0 Å². The average molecular weight is 373 g/mol. The molecule has 0 bridgehead atoms. The number of carbonyl (C=O) groups is 1. The first-order valence-electron chi connectivity index (χ1n) is 9.48. The molecule has 0 aliphatic carbocycles. The third-order valence-electron chi connectivity index (χ3n) is 4.95. The number of pyridine rings is 2. The molecule has 3 aromatic rings. The number of amides is 1. The van der Waals surface area contributed by atoms with Crippen molar-refractivity contribution >= 4 is 17.3 Å². The molecule has 6 nitrogen and oxygen atoms in total. The van der Waals surface area contributed by atoms with Gasteiger partial charge in [-0.3, -0.25) is 9.78 Å². The Hall–Kier alpha value is -3.41. The van der Waals surface area contributed by atoms with E-state index in [1.807, 2.05) is 24.3 Å². The van der Waals surface area contributed by atoms with Crippen LogP contribution in [-0.2, 0) is 6.54 Å². The molecule has 1 aromatic carbocycles. The Morgan fingerprint density at radius 3 is 2.18 bits per heavy atom. The van der Waals surface area contributed by atoms with Gasteiger partial charge in [-0.05, 0) is 42.0 Å². The van der Waals surface area contributed by atoms with E-state index >= 15 is 0 Å². The van der Waals surface area contributed by atoms with Gasteiger partial charge in [-0.15, -0.1) is 0 Å². The summed E-state index contributed by atoms with van der Waals surface area (Å²) in [6, 6.07) is 18.0. The van der Waals surface area contributed by atoms with E-state index in [4.69, 9.17) is 0 Å². The summed E-state index contributed by atoms with van der Waals surface area (Å²) in [6.45, 7) is 4.27. The summed E-state index contributed by atoms with van der Waals surface area (Å²) in [7, 11) is 0. The number of hydrogen-bond acceptors (Lipinski definition) is 5. The summed E-state index contributed by atoms with van der Waals surface area (Å²) in [4.78, 5) is 25.3. The number of carbonyl (C=O) groups excluding carboxylic acids is 1. The zero-order chi connectivity index (χ0) is 19.2. The number of piperazine rings is 1. The quantitative estimate of drug-likeness (QED) is 0.745. The highest BCUT2D eigenvalue weighted by Gasteiger charge is 2.18. The highest BCUT2D eigenvalue weighted by atomic mass is 16.1. The van der Waals surface area contributed by atoms with Gasteiger partial charge in [0.05, 0.1) is 11.9 Å². The van der Waals surface area contributed by atoms with Crippen LogP contribution >= 0.6 is 0 Å². The van der Waals surface area contributed by atoms with E-state index in [0.717, 1.165) is 37.4 Å². The highest BCUT2D eigenvalue weighted by molar-refractivity contribution is 5.92. The molecule has 0 saturated carbocycles. The Balaban J connectivity index is 1.31. The second kappa shape index (κ2) is 8.52. The first-order chi connectivity index (χ1) is 13.8. The van der Waals surface area contributed by atoms with Crippen LogP contribution in [0.1, 0.15) is 16.1 Å². The molecule has 0 atom stereocenters. The van der Waals surface area contributed by atoms with Crippen molar-refractivity contribution < 1.29 is 4.79 Å². The minimum absolute atomic E-state index is 0.169. The summed E-state index contributed by atoms with van der Waals surface area (Å²) in [5, 5.41) is 2.89. The van der Waals surface area contributed by atoms with Gasteiger partial charge in [0, 0.05) is 50.8 Å². The molecule has 1 aliphatic heterocycles. The lowest BCUT2D eigenvalue weighted by molar-refractivity contribution is 0.0946.